The van der Waals surface area contributed by atoms with Crippen LogP contribution in [0.1, 0.15) is 36.8 Å². The average molecular weight is 333 g/mol. The van der Waals surface area contributed by atoms with Gasteiger partial charge < -0.3 is 15.2 Å². The number of nitrogens with zero attached hydrogens (tertiary/aromatic N) is 3. The van der Waals surface area contributed by atoms with Crippen LogP contribution < -0.4 is 10.6 Å². The highest BCUT2D eigenvalue weighted by atomic mass is 32.1. The summed E-state index contributed by atoms with van der Waals surface area (Å²) < 4.78 is 2.19. The Morgan fingerprint density at radius 2 is 2.39 bits per heavy atom. The van der Waals surface area contributed by atoms with Crippen molar-refractivity contribution in [3.63, 3.8) is 0 Å². The molecule has 0 saturated carbocycles. The zero-order valence-corrected chi connectivity index (χ0v) is 14.4. The Balaban J connectivity index is 1.51. The molecule has 0 bridgehead atoms. The van der Waals surface area contributed by atoms with Gasteiger partial charge in [-0.3, -0.25) is 4.79 Å². The molecule has 3 heterocycles. The minimum absolute atomic E-state index is 0.0451. The first kappa shape index (κ1) is 16.1. The smallest absolute Gasteiger partial charge is 0.237 e. The molecule has 0 unspecified atom stereocenters. The summed E-state index contributed by atoms with van der Waals surface area (Å²) in [4.78, 5) is 13.4. The number of hydrogen-bond donors (Lipinski definition) is 2. The van der Waals surface area contributed by atoms with Gasteiger partial charge in [0.05, 0.1) is 12.6 Å². The lowest BCUT2D eigenvalue weighted by atomic mass is 10.1. The second kappa shape index (κ2) is 7.23. The van der Waals surface area contributed by atoms with E-state index in [9.17, 15) is 4.79 Å². The summed E-state index contributed by atoms with van der Waals surface area (Å²) in [5.41, 5.74) is 0. The third kappa shape index (κ3) is 3.79. The van der Waals surface area contributed by atoms with Crippen molar-refractivity contribution in [2.24, 2.45) is 0 Å². The molecule has 1 aliphatic rings. The molecule has 1 aliphatic heterocycles. The third-order valence-corrected chi connectivity index (χ3v) is 5.11. The van der Waals surface area contributed by atoms with Crippen LogP contribution in [0.3, 0.4) is 0 Å². The van der Waals surface area contributed by atoms with Crippen molar-refractivity contribution in [3.8, 4) is 0 Å². The van der Waals surface area contributed by atoms with E-state index in [1.54, 1.807) is 11.3 Å². The number of thiophene rings is 1. The SMILES string of the molecule is CCc1nnc2n1C[C@H](N[C@H](C)C(=O)NCc1cccs1)CC2. The highest BCUT2D eigenvalue weighted by Crippen LogP contribution is 2.16. The standard InChI is InChI=1S/C16H23N5OS/c1-3-14-19-20-15-7-6-12(10-21(14)15)18-11(2)16(22)17-9-13-5-4-8-23-13/h4-5,8,11-12,18H,3,6-7,9-10H2,1-2H3,(H,17,22)/t11-,12-/m1/s1. The van der Waals surface area contributed by atoms with Gasteiger partial charge in [-0.15, -0.1) is 21.5 Å². The number of carbonyl (C=O) groups excluding carboxylic acids is 1. The summed E-state index contributed by atoms with van der Waals surface area (Å²) in [5, 5.41) is 16.9. The van der Waals surface area contributed by atoms with E-state index in [-0.39, 0.29) is 18.0 Å². The summed E-state index contributed by atoms with van der Waals surface area (Å²) in [6.45, 7) is 5.46. The number of aryl methyl sites for hydroxylation is 2. The molecule has 2 N–H and O–H groups in total. The summed E-state index contributed by atoms with van der Waals surface area (Å²) in [7, 11) is 0. The Bertz CT molecular complexity index is 638. The quantitative estimate of drug-likeness (QED) is 0.841. The molecule has 2 aromatic heterocycles. The molecule has 0 aliphatic carbocycles. The number of carbonyl (C=O) groups is 1. The van der Waals surface area contributed by atoms with Crippen molar-refractivity contribution < 1.29 is 4.79 Å². The maximum Gasteiger partial charge on any atom is 0.237 e. The molecule has 0 spiro atoms. The van der Waals surface area contributed by atoms with E-state index in [1.807, 2.05) is 24.4 Å². The topological polar surface area (TPSA) is 71.8 Å². The molecule has 3 rings (SSSR count). The molecule has 2 aromatic rings. The van der Waals surface area contributed by atoms with Crippen LogP contribution in [0.15, 0.2) is 17.5 Å². The molecule has 0 radical (unpaired) electrons. The maximum atomic E-state index is 12.2. The van der Waals surface area contributed by atoms with Crippen LogP contribution in [0.2, 0.25) is 0 Å². The van der Waals surface area contributed by atoms with Gasteiger partial charge in [0.25, 0.3) is 0 Å². The minimum atomic E-state index is -0.205. The summed E-state index contributed by atoms with van der Waals surface area (Å²) >= 11 is 1.66. The monoisotopic (exact) mass is 333 g/mol. The fourth-order valence-electron chi connectivity index (χ4n) is 2.95. The van der Waals surface area contributed by atoms with Crippen molar-refractivity contribution in [3.05, 3.63) is 34.0 Å². The van der Waals surface area contributed by atoms with Gasteiger partial charge in [0.1, 0.15) is 11.6 Å². The Kier molecular flexibility index (Phi) is 5.07. The van der Waals surface area contributed by atoms with E-state index in [0.29, 0.717) is 6.54 Å². The summed E-state index contributed by atoms with van der Waals surface area (Å²) in [5.74, 6) is 2.14. The molecule has 23 heavy (non-hydrogen) atoms. The van der Waals surface area contributed by atoms with Crippen molar-refractivity contribution in [1.29, 1.82) is 0 Å². The van der Waals surface area contributed by atoms with Gasteiger partial charge >= 0.3 is 0 Å². The van der Waals surface area contributed by atoms with Gasteiger partial charge in [-0.2, -0.15) is 0 Å². The second-order valence-corrected chi connectivity index (χ2v) is 6.95. The number of fused-ring (bicyclic) bond motifs is 1. The van der Waals surface area contributed by atoms with Crippen LogP contribution in [0.5, 0.6) is 0 Å². The highest BCUT2D eigenvalue weighted by molar-refractivity contribution is 7.09. The fourth-order valence-corrected chi connectivity index (χ4v) is 3.59. The molecule has 0 fully saturated rings. The highest BCUT2D eigenvalue weighted by Gasteiger charge is 2.25. The van der Waals surface area contributed by atoms with Crippen LogP contribution in [-0.4, -0.2) is 32.8 Å². The lowest BCUT2D eigenvalue weighted by Crippen LogP contribution is -2.49. The number of amides is 1. The van der Waals surface area contributed by atoms with Gasteiger partial charge in [-0.25, -0.2) is 0 Å². The predicted molar refractivity (Wildman–Crippen MR) is 90.3 cm³/mol. The largest absolute Gasteiger partial charge is 0.350 e. The molecule has 0 aromatic carbocycles. The zero-order chi connectivity index (χ0) is 16.2. The van der Waals surface area contributed by atoms with Crippen molar-refractivity contribution in [2.75, 3.05) is 0 Å². The molecular weight excluding hydrogens is 310 g/mol. The minimum Gasteiger partial charge on any atom is -0.350 e. The first-order valence-electron chi connectivity index (χ1n) is 8.14. The van der Waals surface area contributed by atoms with Gasteiger partial charge in [0.2, 0.25) is 5.91 Å². The Hall–Kier alpha value is -1.73. The van der Waals surface area contributed by atoms with E-state index in [2.05, 4.69) is 32.3 Å². The predicted octanol–water partition coefficient (Wildman–Crippen LogP) is 1.51. The van der Waals surface area contributed by atoms with Crippen molar-refractivity contribution >= 4 is 17.2 Å². The number of nitrogens with one attached hydrogen (secondary N) is 2. The van der Waals surface area contributed by atoms with Crippen LogP contribution in [0.25, 0.3) is 0 Å². The van der Waals surface area contributed by atoms with Gasteiger partial charge in [0, 0.05) is 30.3 Å². The lowest BCUT2D eigenvalue weighted by molar-refractivity contribution is -0.123. The normalized spacial score (nSPS) is 18.4. The zero-order valence-electron chi connectivity index (χ0n) is 13.6. The molecule has 6 nitrogen and oxygen atoms in total. The first-order valence-corrected chi connectivity index (χ1v) is 9.02. The fraction of sp³-hybridized carbons (Fsp3) is 0.562. The molecule has 124 valence electrons. The number of aromatic nitrogens is 3. The van der Waals surface area contributed by atoms with Crippen molar-refractivity contribution in [1.82, 2.24) is 25.4 Å². The summed E-state index contributed by atoms with van der Waals surface area (Å²) in [6, 6.07) is 4.11. The van der Waals surface area contributed by atoms with E-state index in [0.717, 1.165) is 37.5 Å². The van der Waals surface area contributed by atoms with Crippen LogP contribution >= 0.6 is 11.3 Å². The molecular formula is C16H23N5OS. The van der Waals surface area contributed by atoms with Crippen LogP contribution in [0, 0.1) is 0 Å². The van der Waals surface area contributed by atoms with Gasteiger partial charge in [0.15, 0.2) is 0 Å². The Labute approximate surface area is 140 Å². The van der Waals surface area contributed by atoms with Gasteiger partial charge in [-0.05, 0) is 24.8 Å². The lowest BCUT2D eigenvalue weighted by Gasteiger charge is -2.27. The van der Waals surface area contributed by atoms with E-state index in [1.165, 1.54) is 4.88 Å². The first-order chi connectivity index (χ1) is 11.2. The molecule has 7 heteroatoms. The van der Waals surface area contributed by atoms with Crippen molar-refractivity contribution in [2.45, 2.75) is 58.3 Å². The maximum absolute atomic E-state index is 12.2. The average Bonchev–Trinajstić information content (AvgIpc) is 3.21. The third-order valence-electron chi connectivity index (χ3n) is 4.24. The van der Waals surface area contributed by atoms with Crippen LogP contribution in [0.4, 0.5) is 0 Å². The molecule has 1 amide bonds. The van der Waals surface area contributed by atoms with E-state index in [4.69, 9.17) is 0 Å². The van der Waals surface area contributed by atoms with Crippen LogP contribution in [-0.2, 0) is 30.7 Å². The molecule has 2 atom stereocenters. The Morgan fingerprint density at radius 1 is 1.52 bits per heavy atom. The van der Waals surface area contributed by atoms with E-state index < -0.39 is 0 Å². The number of hydrogen-bond acceptors (Lipinski definition) is 5. The molecule has 0 saturated heterocycles. The Morgan fingerprint density at radius 3 is 3.13 bits per heavy atom. The summed E-state index contributed by atoms with van der Waals surface area (Å²) in [6.07, 6.45) is 2.79. The number of rotatable bonds is 6. The van der Waals surface area contributed by atoms with E-state index >= 15 is 0 Å². The van der Waals surface area contributed by atoms with Gasteiger partial charge in [-0.1, -0.05) is 13.0 Å². The second-order valence-electron chi connectivity index (χ2n) is 5.92.